The lowest BCUT2D eigenvalue weighted by atomic mass is 10.0. The number of methoxy groups -OCH3 is 1. The molecule has 1 heterocycles. The Hall–Kier alpha value is -3.97. The molecule has 0 N–H and O–H groups in total. The topological polar surface area (TPSA) is 65.1 Å². The van der Waals surface area contributed by atoms with Gasteiger partial charge in [0.2, 0.25) is 0 Å². The van der Waals surface area contributed by atoms with E-state index in [0.717, 1.165) is 21.9 Å². The van der Waals surface area contributed by atoms with Crippen molar-refractivity contribution in [2.45, 2.75) is 24.9 Å². The molecule has 0 aliphatic carbocycles. The molecule has 4 aromatic carbocycles. The molecule has 1 aliphatic heterocycles. The van der Waals surface area contributed by atoms with Crippen LogP contribution in [0.25, 0.3) is 10.8 Å². The minimum atomic E-state index is -0.702. The molecule has 0 spiro atoms. The monoisotopic (exact) mass is 527 g/mol. The molecule has 5 rings (SSSR count). The highest BCUT2D eigenvalue weighted by molar-refractivity contribution is 7.99. The Bertz CT molecular complexity index is 1440. The zero-order valence-electron chi connectivity index (χ0n) is 21.3. The molecule has 194 valence electrons. The molecule has 7 heteroatoms. The van der Waals surface area contributed by atoms with E-state index in [2.05, 4.69) is 0 Å². The Morgan fingerprint density at radius 2 is 1.68 bits per heavy atom. The molecular formula is C31H29NO5S. The van der Waals surface area contributed by atoms with Crippen LogP contribution in [-0.4, -0.2) is 42.3 Å². The number of nitrogens with zero attached hydrogens (tertiary/aromatic N) is 1. The van der Waals surface area contributed by atoms with Gasteiger partial charge < -0.3 is 19.1 Å². The molecule has 38 heavy (non-hydrogen) atoms. The summed E-state index contributed by atoms with van der Waals surface area (Å²) < 4.78 is 17.1. The van der Waals surface area contributed by atoms with Gasteiger partial charge in [0.1, 0.15) is 18.0 Å². The van der Waals surface area contributed by atoms with Gasteiger partial charge in [-0.3, -0.25) is 4.79 Å². The Morgan fingerprint density at radius 3 is 2.47 bits per heavy atom. The average Bonchev–Trinajstić information content (AvgIpc) is 3.41. The van der Waals surface area contributed by atoms with Gasteiger partial charge in [-0.25, -0.2) is 4.79 Å². The third-order valence-electron chi connectivity index (χ3n) is 6.52. The van der Waals surface area contributed by atoms with Gasteiger partial charge in [0.05, 0.1) is 13.7 Å². The zero-order valence-corrected chi connectivity index (χ0v) is 22.1. The Labute approximate surface area is 226 Å². The number of hydrogen-bond acceptors (Lipinski definition) is 6. The SMILES string of the molecule is CCOC(=O)C1CSC(c2ccc(OC)c(OCc3ccccc3)c2)N1C(=O)c1cccc2ccccc12. The maximum Gasteiger partial charge on any atom is 0.329 e. The third kappa shape index (κ3) is 5.20. The summed E-state index contributed by atoms with van der Waals surface area (Å²) in [7, 11) is 1.60. The van der Waals surface area contributed by atoms with Crippen LogP contribution in [0.3, 0.4) is 0 Å². The van der Waals surface area contributed by atoms with E-state index >= 15 is 0 Å². The van der Waals surface area contributed by atoms with E-state index in [9.17, 15) is 9.59 Å². The highest BCUT2D eigenvalue weighted by Gasteiger charge is 2.44. The summed E-state index contributed by atoms with van der Waals surface area (Å²) in [5.41, 5.74) is 2.43. The first-order valence-electron chi connectivity index (χ1n) is 12.5. The molecule has 0 saturated carbocycles. The molecule has 1 fully saturated rings. The number of amides is 1. The molecule has 0 aromatic heterocycles. The first-order chi connectivity index (χ1) is 18.6. The molecule has 0 radical (unpaired) electrons. The average molecular weight is 528 g/mol. The van der Waals surface area contributed by atoms with Crippen molar-refractivity contribution in [3.8, 4) is 11.5 Å². The summed E-state index contributed by atoms with van der Waals surface area (Å²) in [5, 5.41) is 1.41. The lowest BCUT2D eigenvalue weighted by Crippen LogP contribution is -2.44. The number of ether oxygens (including phenoxy) is 3. The summed E-state index contributed by atoms with van der Waals surface area (Å²) in [6.07, 6.45) is 0. The second-order valence-electron chi connectivity index (χ2n) is 8.88. The Balaban J connectivity index is 1.51. The molecular weight excluding hydrogens is 498 g/mol. The lowest BCUT2D eigenvalue weighted by molar-refractivity contribution is -0.147. The van der Waals surface area contributed by atoms with Gasteiger partial charge in [0.15, 0.2) is 11.5 Å². The lowest BCUT2D eigenvalue weighted by Gasteiger charge is -2.29. The van der Waals surface area contributed by atoms with E-state index in [-0.39, 0.29) is 12.5 Å². The van der Waals surface area contributed by atoms with Gasteiger partial charge in [-0.05, 0) is 47.0 Å². The van der Waals surface area contributed by atoms with Gasteiger partial charge >= 0.3 is 5.97 Å². The molecule has 2 atom stereocenters. The van der Waals surface area contributed by atoms with Crippen LogP contribution in [0.2, 0.25) is 0 Å². The second kappa shape index (κ2) is 11.6. The normalized spacial score (nSPS) is 16.8. The number of fused-ring (bicyclic) bond motifs is 1. The van der Waals surface area contributed by atoms with Crippen LogP contribution in [-0.2, 0) is 16.1 Å². The van der Waals surface area contributed by atoms with Crippen LogP contribution in [0.15, 0.2) is 91.0 Å². The van der Waals surface area contributed by atoms with Gasteiger partial charge in [-0.1, -0.05) is 72.8 Å². The highest BCUT2D eigenvalue weighted by atomic mass is 32.2. The van der Waals surface area contributed by atoms with Gasteiger partial charge in [0.25, 0.3) is 5.91 Å². The first kappa shape index (κ1) is 25.7. The third-order valence-corrected chi connectivity index (χ3v) is 7.85. The molecule has 1 amide bonds. The first-order valence-corrected chi connectivity index (χ1v) is 13.6. The number of hydrogen-bond donors (Lipinski definition) is 0. The predicted molar refractivity (Wildman–Crippen MR) is 150 cm³/mol. The number of carbonyl (C=O) groups is 2. The van der Waals surface area contributed by atoms with Crippen molar-refractivity contribution >= 4 is 34.4 Å². The predicted octanol–water partition coefficient (Wildman–Crippen LogP) is 6.25. The van der Waals surface area contributed by atoms with Crippen LogP contribution < -0.4 is 9.47 Å². The molecule has 2 unspecified atom stereocenters. The van der Waals surface area contributed by atoms with E-state index in [1.165, 1.54) is 11.8 Å². The summed E-state index contributed by atoms with van der Waals surface area (Å²) in [4.78, 5) is 28.8. The van der Waals surface area contributed by atoms with Crippen molar-refractivity contribution in [2.24, 2.45) is 0 Å². The molecule has 4 aromatic rings. The maximum absolute atomic E-state index is 14.1. The van der Waals surface area contributed by atoms with Crippen molar-refractivity contribution in [3.63, 3.8) is 0 Å². The van der Waals surface area contributed by atoms with Crippen LogP contribution in [0.5, 0.6) is 11.5 Å². The number of benzene rings is 4. The van der Waals surface area contributed by atoms with E-state index < -0.39 is 17.4 Å². The number of carbonyl (C=O) groups excluding carboxylic acids is 2. The second-order valence-corrected chi connectivity index (χ2v) is 9.99. The zero-order chi connectivity index (χ0) is 26.5. The minimum absolute atomic E-state index is 0.211. The van der Waals surface area contributed by atoms with Gasteiger partial charge in [-0.15, -0.1) is 11.8 Å². The fraction of sp³-hybridized carbons (Fsp3) is 0.226. The molecule has 6 nitrogen and oxygen atoms in total. The summed E-state index contributed by atoms with van der Waals surface area (Å²) >= 11 is 1.54. The number of thioether (sulfide) groups is 1. The van der Waals surface area contributed by atoms with E-state index in [0.29, 0.717) is 29.4 Å². The van der Waals surface area contributed by atoms with Crippen LogP contribution in [0.1, 0.15) is 33.8 Å². The number of esters is 1. The van der Waals surface area contributed by atoms with Crippen LogP contribution in [0.4, 0.5) is 0 Å². The largest absolute Gasteiger partial charge is 0.493 e. The van der Waals surface area contributed by atoms with Crippen molar-refractivity contribution in [2.75, 3.05) is 19.5 Å². The van der Waals surface area contributed by atoms with Gasteiger partial charge in [0, 0.05) is 11.3 Å². The standard InChI is InChI=1S/C31H29NO5S/c1-3-36-31(34)26-20-38-30(32(26)29(33)25-15-9-13-22-12-7-8-14-24(22)25)23-16-17-27(35-2)28(18-23)37-19-21-10-5-4-6-11-21/h4-18,26,30H,3,19-20H2,1-2H3. The smallest absolute Gasteiger partial charge is 0.329 e. The van der Waals surface area contributed by atoms with Crippen molar-refractivity contribution in [3.05, 3.63) is 108 Å². The fourth-order valence-corrected chi connectivity index (χ4v) is 6.08. The van der Waals surface area contributed by atoms with Crippen molar-refractivity contribution in [1.29, 1.82) is 0 Å². The van der Waals surface area contributed by atoms with Gasteiger partial charge in [-0.2, -0.15) is 0 Å². The minimum Gasteiger partial charge on any atom is -0.493 e. The molecule has 0 bridgehead atoms. The Kier molecular flexibility index (Phi) is 7.84. The fourth-order valence-electron chi connectivity index (χ4n) is 4.68. The van der Waals surface area contributed by atoms with Crippen LogP contribution in [0, 0.1) is 0 Å². The summed E-state index contributed by atoms with van der Waals surface area (Å²) in [6.45, 7) is 2.40. The maximum atomic E-state index is 14.1. The summed E-state index contributed by atoms with van der Waals surface area (Å²) in [6, 6.07) is 28.3. The summed E-state index contributed by atoms with van der Waals surface area (Å²) in [5.74, 6) is 1.00. The number of rotatable bonds is 8. The van der Waals surface area contributed by atoms with Crippen molar-refractivity contribution < 1.29 is 23.8 Å². The van der Waals surface area contributed by atoms with Crippen molar-refractivity contribution in [1.82, 2.24) is 4.90 Å². The quantitative estimate of drug-likeness (QED) is 0.253. The Morgan fingerprint density at radius 1 is 0.921 bits per heavy atom. The highest BCUT2D eigenvalue weighted by Crippen LogP contribution is 2.45. The molecule has 1 aliphatic rings. The van der Waals surface area contributed by atoms with E-state index in [1.54, 1.807) is 18.9 Å². The van der Waals surface area contributed by atoms with E-state index in [1.807, 2.05) is 91.0 Å². The van der Waals surface area contributed by atoms with Crippen LogP contribution >= 0.6 is 11.8 Å². The van der Waals surface area contributed by atoms with E-state index in [4.69, 9.17) is 14.2 Å². The molecule has 1 saturated heterocycles.